The van der Waals surface area contributed by atoms with E-state index in [9.17, 15) is 8.42 Å². The van der Waals surface area contributed by atoms with E-state index in [1.807, 2.05) is 0 Å². The van der Waals surface area contributed by atoms with Gasteiger partial charge in [-0.3, -0.25) is 0 Å². The molecule has 0 aromatic heterocycles. The first-order chi connectivity index (χ1) is 9.54. The molecule has 1 unspecified atom stereocenters. The van der Waals surface area contributed by atoms with Gasteiger partial charge in [0, 0.05) is 26.2 Å². The lowest BCUT2D eigenvalue weighted by Gasteiger charge is -2.32. The third-order valence-corrected chi connectivity index (χ3v) is 6.10. The largest absolute Gasteiger partial charge is 0.317 e. The van der Waals surface area contributed by atoms with Gasteiger partial charge in [-0.25, -0.2) is 0 Å². The average Bonchev–Trinajstić information content (AvgIpc) is 2.68. The van der Waals surface area contributed by atoms with Crippen molar-refractivity contribution in [3.63, 3.8) is 0 Å². The highest BCUT2D eigenvalue weighted by molar-refractivity contribution is 7.86. The predicted octanol–water partition coefficient (Wildman–Crippen LogP) is 1.82. The van der Waals surface area contributed by atoms with Crippen LogP contribution in [0.2, 0.25) is 0 Å². The molecule has 0 aromatic rings. The van der Waals surface area contributed by atoms with Crippen molar-refractivity contribution in [2.24, 2.45) is 0 Å². The van der Waals surface area contributed by atoms with Gasteiger partial charge in [-0.15, -0.1) is 0 Å². The fraction of sp³-hybridized carbons (Fsp3) is 1.00. The van der Waals surface area contributed by atoms with Gasteiger partial charge < -0.3 is 5.32 Å². The van der Waals surface area contributed by atoms with Gasteiger partial charge in [-0.2, -0.15) is 17.0 Å². The standard InChI is InChI=1S/C14H31N3O2S/c1-4-14-10-7-6-8-13-17(14)20(18,19)16(3)12-9-11-15-5-2/h14-15H,4-13H2,1-3H3. The molecule has 6 heteroatoms. The summed E-state index contributed by atoms with van der Waals surface area (Å²) in [6.07, 6.45) is 6.04. The van der Waals surface area contributed by atoms with Gasteiger partial charge in [0.05, 0.1) is 0 Å². The fourth-order valence-corrected chi connectivity index (χ4v) is 4.47. The van der Waals surface area contributed by atoms with E-state index in [0.717, 1.165) is 51.6 Å². The van der Waals surface area contributed by atoms with E-state index in [4.69, 9.17) is 0 Å². The zero-order chi connectivity index (χ0) is 15.0. The van der Waals surface area contributed by atoms with Crippen LogP contribution in [0.1, 0.15) is 52.4 Å². The van der Waals surface area contributed by atoms with Crippen LogP contribution in [-0.4, -0.2) is 56.3 Å². The molecule has 0 saturated carbocycles. The topological polar surface area (TPSA) is 52.7 Å². The Hall–Kier alpha value is -0.170. The molecule has 0 aromatic carbocycles. The molecule has 1 N–H and O–H groups in total. The summed E-state index contributed by atoms with van der Waals surface area (Å²) in [6, 6.07) is 0.179. The third kappa shape index (κ3) is 4.98. The van der Waals surface area contributed by atoms with Gasteiger partial charge >= 0.3 is 0 Å². The maximum atomic E-state index is 12.7. The Morgan fingerprint density at radius 3 is 2.65 bits per heavy atom. The van der Waals surface area contributed by atoms with Crippen molar-refractivity contribution >= 4 is 10.2 Å². The monoisotopic (exact) mass is 305 g/mol. The molecule has 0 radical (unpaired) electrons. The third-order valence-electron chi connectivity index (χ3n) is 4.06. The Morgan fingerprint density at radius 1 is 1.25 bits per heavy atom. The molecule has 1 saturated heterocycles. The van der Waals surface area contributed by atoms with E-state index in [1.165, 1.54) is 4.31 Å². The molecule has 0 amide bonds. The molecule has 1 aliphatic rings. The summed E-state index contributed by atoms with van der Waals surface area (Å²) in [5.41, 5.74) is 0. The van der Waals surface area contributed by atoms with Crippen LogP contribution >= 0.6 is 0 Å². The number of hydrogen-bond acceptors (Lipinski definition) is 3. The highest BCUT2D eigenvalue weighted by Crippen LogP contribution is 2.23. The van der Waals surface area contributed by atoms with Crippen LogP contribution in [0.25, 0.3) is 0 Å². The molecule has 0 aliphatic carbocycles. The van der Waals surface area contributed by atoms with Gasteiger partial charge in [-0.1, -0.05) is 26.7 Å². The van der Waals surface area contributed by atoms with Crippen molar-refractivity contribution in [1.82, 2.24) is 13.9 Å². The van der Waals surface area contributed by atoms with Gasteiger partial charge in [0.1, 0.15) is 0 Å². The van der Waals surface area contributed by atoms with E-state index in [-0.39, 0.29) is 6.04 Å². The van der Waals surface area contributed by atoms with Crippen LogP contribution < -0.4 is 5.32 Å². The Bertz CT molecular complexity index is 359. The second kappa shape index (κ2) is 8.97. The molecule has 1 fully saturated rings. The van der Waals surface area contributed by atoms with Crippen molar-refractivity contribution in [3.05, 3.63) is 0 Å². The van der Waals surface area contributed by atoms with E-state index in [1.54, 1.807) is 11.4 Å². The molecule has 120 valence electrons. The average molecular weight is 305 g/mol. The molecule has 1 aliphatic heterocycles. The summed E-state index contributed by atoms with van der Waals surface area (Å²) < 4.78 is 28.7. The molecule has 0 bridgehead atoms. The van der Waals surface area contributed by atoms with Crippen LogP contribution in [0, 0.1) is 0 Å². The molecule has 1 heterocycles. The van der Waals surface area contributed by atoms with Crippen molar-refractivity contribution in [2.75, 3.05) is 33.2 Å². The fourth-order valence-electron chi connectivity index (χ4n) is 2.76. The van der Waals surface area contributed by atoms with E-state index in [2.05, 4.69) is 19.2 Å². The minimum atomic E-state index is -3.29. The maximum Gasteiger partial charge on any atom is 0.281 e. The molecule has 5 nitrogen and oxygen atoms in total. The van der Waals surface area contributed by atoms with Crippen molar-refractivity contribution in [1.29, 1.82) is 0 Å². The number of nitrogens with zero attached hydrogens (tertiary/aromatic N) is 2. The van der Waals surface area contributed by atoms with Crippen LogP contribution in [-0.2, 0) is 10.2 Å². The number of hydrogen-bond donors (Lipinski definition) is 1. The number of rotatable bonds is 8. The van der Waals surface area contributed by atoms with Crippen molar-refractivity contribution < 1.29 is 8.42 Å². The van der Waals surface area contributed by atoms with Crippen molar-refractivity contribution in [3.8, 4) is 0 Å². The lowest BCUT2D eigenvalue weighted by Crippen LogP contribution is -2.47. The summed E-state index contributed by atoms with van der Waals surface area (Å²) in [5.74, 6) is 0. The quantitative estimate of drug-likeness (QED) is 0.696. The molecule has 0 spiro atoms. The lowest BCUT2D eigenvalue weighted by molar-refractivity contribution is 0.288. The minimum absolute atomic E-state index is 0.179. The van der Waals surface area contributed by atoms with Gasteiger partial charge in [0.15, 0.2) is 0 Å². The maximum absolute atomic E-state index is 12.7. The summed E-state index contributed by atoms with van der Waals surface area (Å²) >= 11 is 0. The smallest absolute Gasteiger partial charge is 0.281 e. The summed E-state index contributed by atoms with van der Waals surface area (Å²) in [5, 5.41) is 3.23. The molecular formula is C14H31N3O2S. The summed E-state index contributed by atoms with van der Waals surface area (Å²) in [7, 11) is -1.59. The first-order valence-electron chi connectivity index (χ1n) is 7.97. The first-order valence-corrected chi connectivity index (χ1v) is 9.37. The van der Waals surface area contributed by atoms with Crippen LogP contribution in [0.5, 0.6) is 0 Å². The van der Waals surface area contributed by atoms with Crippen LogP contribution in [0.4, 0.5) is 0 Å². The second-order valence-electron chi connectivity index (χ2n) is 5.56. The molecule has 1 atom stereocenters. The normalized spacial score (nSPS) is 22.1. The van der Waals surface area contributed by atoms with Crippen LogP contribution in [0.15, 0.2) is 0 Å². The van der Waals surface area contributed by atoms with Gasteiger partial charge in [-0.05, 0) is 38.8 Å². The highest BCUT2D eigenvalue weighted by Gasteiger charge is 2.32. The van der Waals surface area contributed by atoms with Gasteiger partial charge in [0.25, 0.3) is 10.2 Å². The number of nitrogens with one attached hydrogen (secondary N) is 1. The molecule has 1 rings (SSSR count). The van der Waals surface area contributed by atoms with E-state index in [0.29, 0.717) is 13.1 Å². The Kier molecular flexibility index (Phi) is 8.02. The first kappa shape index (κ1) is 17.9. The summed E-state index contributed by atoms with van der Waals surface area (Å²) in [6.45, 7) is 7.21. The SMILES string of the molecule is CCNCCCN(C)S(=O)(=O)N1CCCCCC1CC. The zero-order valence-electron chi connectivity index (χ0n) is 13.3. The molecular weight excluding hydrogens is 274 g/mol. The lowest BCUT2D eigenvalue weighted by atomic mass is 10.1. The Morgan fingerprint density at radius 2 is 2.00 bits per heavy atom. The predicted molar refractivity (Wildman–Crippen MR) is 84.0 cm³/mol. The highest BCUT2D eigenvalue weighted by atomic mass is 32.2. The Balaban J connectivity index is 2.63. The summed E-state index contributed by atoms with van der Waals surface area (Å²) in [4.78, 5) is 0. The second-order valence-corrected chi connectivity index (χ2v) is 7.55. The van der Waals surface area contributed by atoms with E-state index >= 15 is 0 Å². The van der Waals surface area contributed by atoms with Crippen LogP contribution in [0.3, 0.4) is 0 Å². The van der Waals surface area contributed by atoms with Crippen molar-refractivity contribution in [2.45, 2.75) is 58.4 Å². The molecule has 20 heavy (non-hydrogen) atoms. The van der Waals surface area contributed by atoms with Gasteiger partial charge in [0.2, 0.25) is 0 Å². The Labute approximate surface area is 124 Å². The zero-order valence-corrected chi connectivity index (χ0v) is 14.1. The van der Waals surface area contributed by atoms with E-state index < -0.39 is 10.2 Å². The minimum Gasteiger partial charge on any atom is -0.317 e.